The standard InChI is InChI=1S/C10H9F3O3/c11-10(12,13)9(16-6-8(14)15)7-4-2-1-3-5-7/h1-5,9H,6H2,(H,14,15). The SMILES string of the molecule is O=C(O)COC(c1ccccc1)C(F)(F)F. The molecule has 6 heteroatoms. The quantitative estimate of drug-likeness (QED) is 0.870. The monoisotopic (exact) mass is 234 g/mol. The fraction of sp³-hybridized carbons (Fsp3) is 0.300. The average Bonchev–Trinajstić information content (AvgIpc) is 2.17. The minimum Gasteiger partial charge on any atom is -0.480 e. The number of ether oxygens (including phenoxy) is 1. The van der Waals surface area contributed by atoms with Crippen molar-refractivity contribution >= 4 is 5.97 Å². The summed E-state index contributed by atoms with van der Waals surface area (Å²) in [6, 6.07) is 6.89. The van der Waals surface area contributed by atoms with Gasteiger partial charge in [0.25, 0.3) is 0 Å². The predicted octanol–water partition coefficient (Wildman–Crippen LogP) is 2.39. The minimum atomic E-state index is -4.63. The van der Waals surface area contributed by atoms with Crippen LogP contribution in [0.15, 0.2) is 30.3 Å². The van der Waals surface area contributed by atoms with E-state index in [9.17, 15) is 18.0 Å². The number of hydrogen-bond acceptors (Lipinski definition) is 2. The number of halogens is 3. The third-order valence-electron chi connectivity index (χ3n) is 1.77. The molecular weight excluding hydrogens is 225 g/mol. The number of benzene rings is 1. The van der Waals surface area contributed by atoms with Gasteiger partial charge in [-0.1, -0.05) is 30.3 Å². The van der Waals surface area contributed by atoms with Crippen LogP contribution < -0.4 is 0 Å². The Balaban J connectivity index is 2.84. The molecule has 0 aliphatic heterocycles. The highest BCUT2D eigenvalue weighted by Crippen LogP contribution is 2.35. The lowest BCUT2D eigenvalue weighted by molar-refractivity contribution is -0.225. The maximum absolute atomic E-state index is 12.5. The highest BCUT2D eigenvalue weighted by molar-refractivity contribution is 5.68. The Morgan fingerprint density at radius 3 is 2.31 bits per heavy atom. The van der Waals surface area contributed by atoms with Gasteiger partial charge in [0.1, 0.15) is 6.61 Å². The number of carboxylic acid groups (broad SMARTS) is 1. The van der Waals surface area contributed by atoms with Crippen molar-refractivity contribution in [2.75, 3.05) is 6.61 Å². The molecule has 0 amide bonds. The molecule has 0 aromatic heterocycles. The Morgan fingerprint density at radius 1 is 1.31 bits per heavy atom. The molecule has 0 radical (unpaired) electrons. The van der Waals surface area contributed by atoms with Crippen LogP contribution in [0, 0.1) is 0 Å². The summed E-state index contributed by atoms with van der Waals surface area (Å²) in [5.74, 6) is -1.44. The predicted molar refractivity (Wildman–Crippen MR) is 48.8 cm³/mol. The van der Waals surface area contributed by atoms with E-state index in [4.69, 9.17) is 5.11 Å². The van der Waals surface area contributed by atoms with Crippen molar-refractivity contribution in [1.82, 2.24) is 0 Å². The molecule has 88 valence electrons. The van der Waals surface area contributed by atoms with Crippen LogP contribution in [0.5, 0.6) is 0 Å². The van der Waals surface area contributed by atoms with Crippen molar-refractivity contribution in [2.24, 2.45) is 0 Å². The molecule has 0 fully saturated rings. The second-order valence-corrected chi connectivity index (χ2v) is 3.04. The Bertz CT molecular complexity index is 348. The molecule has 0 saturated carbocycles. The van der Waals surface area contributed by atoms with Gasteiger partial charge in [-0.3, -0.25) is 0 Å². The number of carboxylic acids is 1. The summed E-state index contributed by atoms with van der Waals surface area (Å²) in [7, 11) is 0. The van der Waals surface area contributed by atoms with Gasteiger partial charge in [0.15, 0.2) is 6.10 Å². The number of rotatable bonds is 4. The summed E-state index contributed by atoms with van der Waals surface area (Å²) in [5.41, 5.74) is -0.115. The van der Waals surface area contributed by atoms with Gasteiger partial charge in [-0.15, -0.1) is 0 Å². The number of aliphatic carboxylic acids is 1. The smallest absolute Gasteiger partial charge is 0.418 e. The molecule has 0 aliphatic rings. The Kier molecular flexibility index (Phi) is 3.89. The lowest BCUT2D eigenvalue weighted by Crippen LogP contribution is -2.25. The molecule has 1 N–H and O–H groups in total. The summed E-state index contributed by atoms with van der Waals surface area (Å²) in [4.78, 5) is 10.2. The molecule has 1 aromatic rings. The van der Waals surface area contributed by atoms with Crippen molar-refractivity contribution in [3.63, 3.8) is 0 Å². The summed E-state index contributed by atoms with van der Waals surface area (Å²) < 4.78 is 41.9. The third kappa shape index (κ3) is 3.54. The van der Waals surface area contributed by atoms with Crippen LogP contribution in [0.25, 0.3) is 0 Å². The van der Waals surface area contributed by atoms with Gasteiger partial charge in [0, 0.05) is 0 Å². The molecule has 1 rings (SSSR count). The fourth-order valence-corrected chi connectivity index (χ4v) is 1.16. The lowest BCUT2D eigenvalue weighted by Gasteiger charge is -2.20. The first-order valence-electron chi connectivity index (χ1n) is 4.36. The first-order valence-corrected chi connectivity index (χ1v) is 4.36. The summed E-state index contributed by atoms with van der Waals surface area (Å²) in [6.45, 7) is -0.987. The molecule has 1 atom stereocenters. The van der Waals surface area contributed by atoms with E-state index in [1.54, 1.807) is 6.07 Å². The van der Waals surface area contributed by atoms with E-state index in [1.807, 2.05) is 0 Å². The zero-order valence-electron chi connectivity index (χ0n) is 8.07. The van der Waals surface area contributed by atoms with E-state index in [2.05, 4.69) is 4.74 Å². The van der Waals surface area contributed by atoms with Gasteiger partial charge in [-0.25, -0.2) is 4.79 Å². The van der Waals surface area contributed by atoms with Gasteiger partial charge >= 0.3 is 12.1 Å². The maximum Gasteiger partial charge on any atom is 0.418 e. The number of carbonyl (C=O) groups is 1. The Labute approximate surface area is 89.5 Å². The number of alkyl halides is 3. The Morgan fingerprint density at radius 2 is 1.88 bits per heavy atom. The third-order valence-corrected chi connectivity index (χ3v) is 1.77. The van der Waals surface area contributed by atoms with Gasteiger partial charge in [-0.05, 0) is 5.56 Å². The molecule has 0 aliphatic carbocycles. The second-order valence-electron chi connectivity index (χ2n) is 3.04. The van der Waals surface area contributed by atoms with Gasteiger partial charge in [0.2, 0.25) is 0 Å². The fourth-order valence-electron chi connectivity index (χ4n) is 1.16. The molecule has 1 aromatic carbocycles. The molecule has 16 heavy (non-hydrogen) atoms. The van der Waals surface area contributed by atoms with Crippen LogP contribution >= 0.6 is 0 Å². The first-order chi connectivity index (χ1) is 7.41. The van der Waals surface area contributed by atoms with Crippen molar-refractivity contribution < 1.29 is 27.8 Å². The summed E-state index contributed by atoms with van der Waals surface area (Å²) in [5, 5.41) is 8.28. The van der Waals surface area contributed by atoms with Crippen LogP contribution in [0.2, 0.25) is 0 Å². The highest BCUT2D eigenvalue weighted by atomic mass is 19.4. The van der Waals surface area contributed by atoms with E-state index in [0.717, 1.165) is 0 Å². The van der Waals surface area contributed by atoms with E-state index in [-0.39, 0.29) is 5.56 Å². The molecule has 0 bridgehead atoms. The highest BCUT2D eigenvalue weighted by Gasteiger charge is 2.42. The molecule has 0 heterocycles. The molecule has 0 saturated heterocycles. The van der Waals surface area contributed by atoms with Gasteiger partial charge < -0.3 is 9.84 Å². The number of hydrogen-bond donors (Lipinski definition) is 1. The maximum atomic E-state index is 12.5. The van der Waals surface area contributed by atoms with E-state index < -0.39 is 24.9 Å². The molecule has 3 nitrogen and oxygen atoms in total. The molecule has 0 spiro atoms. The van der Waals surface area contributed by atoms with Crippen LogP contribution in [-0.4, -0.2) is 23.9 Å². The van der Waals surface area contributed by atoms with Crippen molar-refractivity contribution in [1.29, 1.82) is 0 Å². The molecular formula is C10H9F3O3. The van der Waals surface area contributed by atoms with Crippen molar-refractivity contribution in [3.8, 4) is 0 Å². The van der Waals surface area contributed by atoms with E-state index >= 15 is 0 Å². The minimum absolute atomic E-state index is 0.115. The van der Waals surface area contributed by atoms with Crippen LogP contribution in [0.1, 0.15) is 11.7 Å². The van der Waals surface area contributed by atoms with Gasteiger partial charge in [0.05, 0.1) is 0 Å². The van der Waals surface area contributed by atoms with E-state index in [1.165, 1.54) is 24.3 Å². The van der Waals surface area contributed by atoms with Crippen molar-refractivity contribution in [2.45, 2.75) is 12.3 Å². The lowest BCUT2D eigenvalue weighted by atomic mass is 10.1. The average molecular weight is 234 g/mol. The summed E-state index contributed by atoms with van der Waals surface area (Å²) in [6.07, 6.45) is -6.83. The Hall–Kier alpha value is -1.56. The van der Waals surface area contributed by atoms with Crippen molar-refractivity contribution in [3.05, 3.63) is 35.9 Å². The van der Waals surface area contributed by atoms with Crippen LogP contribution in [0.3, 0.4) is 0 Å². The van der Waals surface area contributed by atoms with E-state index in [0.29, 0.717) is 0 Å². The normalized spacial score (nSPS) is 13.4. The van der Waals surface area contributed by atoms with Gasteiger partial charge in [-0.2, -0.15) is 13.2 Å². The largest absolute Gasteiger partial charge is 0.480 e. The molecule has 1 unspecified atom stereocenters. The van der Waals surface area contributed by atoms with Crippen LogP contribution in [-0.2, 0) is 9.53 Å². The topological polar surface area (TPSA) is 46.5 Å². The van der Waals surface area contributed by atoms with Crippen LogP contribution in [0.4, 0.5) is 13.2 Å². The zero-order chi connectivity index (χ0) is 12.2. The first kappa shape index (κ1) is 12.5. The second kappa shape index (κ2) is 4.98. The summed E-state index contributed by atoms with van der Waals surface area (Å²) >= 11 is 0. The zero-order valence-corrected chi connectivity index (χ0v) is 8.07.